The molecule has 2 N–H and O–H groups in total. The van der Waals surface area contributed by atoms with Crippen molar-refractivity contribution in [2.45, 2.75) is 38.1 Å². The number of benzene rings is 1. The maximum absolute atomic E-state index is 13.3. The van der Waals surface area contributed by atoms with Crippen LogP contribution in [0.25, 0.3) is 0 Å². The van der Waals surface area contributed by atoms with Gasteiger partial charge in [0, 0.05) is 12.3 Å². The second kappa shape index (κ2) is 10.5. The molecule has 0 saturated heterocycles. The smallest absolute Gasteiger partial charge is 0.407 e. The van der Waals surface area contributed by atoms with Gasteiger partial charge < -0.3 is 15.2 Å². The van der Waals surface area contributed by atoms with Gasteiger partial charge in [0.1, 0.15) is 12.6 Å². The van der Waals surface area contributed by atoms with Crippen molar-refractivity contribution in [3.8, 4) is 0 Å². The molecule has 29 heavy (non-hydrogen) atoms. The second-order valence-corrected chi connectivity index (χ2v) is 7.02. The minimum absolute atomic E-state index is 0.00858. The number of nitrogens with one attached hydrogen (secondary N) is 1. The van der Waals surface area contributed by atoms with Crippen molar-refractivity contribution in [1.29, 1.82) is 0 Å². The van der Waals surface area contributed by atoms with Crippen LogP contribution in [0.5, 0.6) is 0 Å². The summed E-state index contributed by atoms with van der Waals surface area (Å²) < 4.78 is 31.6. The van der Waals surface area contributed by atoms with Gasteiger partial charge in [-0.15, -0.1) is 0 Å². The molecule has 156 valence electrons. The molecule has 0 saturated carbocycles. The number of carbonyl (C=O) groups excluding carboxylic acids is 1. The molecule has 1 aliphatic rings. The van der Waals surface area contributed by atoms with Gasteiger partial charge in [-0.2, -0.15) is 0 Å². The SMILES string of the molecule is C=C1C=CCCCCC(=C)C1COC(=O)N[C@@H](Cc1ccc(F)c(F)c1)C(=O)O. The van der Waals surface area contributed by atoms with E-state index in [1.54, 1.807) is 0 Å². The first kappa shape index (κ1) is 22.3. The molecule has 1 aliphatic carbocycles. The lowest BCUT2D eigenvalue weighted by atomic mass is 9.91. The van der Waals surface area contributed by atoms with Gasteiger partial charge in [-0.25, -0.2) is 18.4 Å². The van der Waals surface area contributed by atoms with Gasteiger partial charge in [0.25, 0.3) is 0 Å². The maximum Gasteiger partial charge on any atom is 0.407 e. The Bertz CT molecular complexity index is 819. The van der Waals surface area contributed by atoms with E-state index in [1.807, 2.05) is 12.2 Å². The van der Waals surface area contributed by atoms with Crippen LogP contribution in [-0.2, 0) is 16.0 Å². The van der Waals surface area contributed by atoms with E-state index in [-0.39, 0.29) is 24.5 Å². The molecule has 2 atom stereocenters. The van der Waals surface area contributed by atoms with E-state index in [2.05, 4.69) is 18.5 Å². The number of ether oxygens (including phenoxy) is 1. The number of amides is 1. The number of hydrogen-bond donors (Lipinski definition) is 2. The fourth-order valence-electron chi connectivity index (χ4n) is 3.07. The van der Waals surface area contributed by atoms with Gasteiger partial charge in [-0.05, 0) is 49.0 Å². The molecule has 1 amide bonds. The third-order valence-corrected chi connectivity index (χ3v) is 4.79. The van der Waals surface area contributed by atoms with Crippen molar-refractivity contribution < 1.29 is 28.2 Å². The highest BCUT2D eigenvalue weighted by molar-refractivity contribution is 5.80. The number of halogens is 2. The first-order chi connectivity index (χ1) is 13.8. The summed E-state index contributed by atoms with van der Waals surface area (Å²) in [6.45, 7) is 8.06. The largest absolute Gasteiger partial charge is 0.480 e. The van der Waals surface area contributed by atoms with Gasteiger partial charge >= 0.3 is 12.1 Å². The summed E-state index contributed by atoms with van der Waals surface area (Å²) in [5.74, 6) is -3.67. The summed E-state index contributed by atoms with van der Waals surface area (Å²) in [7, 11) is 0. The number of allylic oxidation sites excluding steroid dienone is 2. The van der Waals surface area contributed by atoms with Crippen LogP contribution in [0.3, 0.4) is 0 Å². The lowest BCUT2D eigenvalue weighted by molar-refractivity contribution is -0.139. The lowest BCUT2D eigenvalue weighted by Crippen LogP contribution is -2.43. The van der Waals surface area contributed by atoms with Gasteiger partial charge in [-0.3, -0.25) is 0 Å². The zero-order valence-corrected chi connectivity index (χ0v) is 16.1. The Labute approximate surface area is 168 Å². The molecule has 0 fully saturated rings. The highest BCUT2D eigenvalue weighted by Gasteiger charge is 2.23. The first-order valence-electron chi connectivity index (χ1n) is 9.41. The summed E-state index contributed by atoms with van der Waals surface area (Å²) >= 11 is 0. The Balaban J connectivity index is 1.96. The predicted molar refractivity (Wildman–Crippen MR) is 105 cm³/mol. The van der Waals surface area contributed by atoms with Crippen LogP contribution in [-0.4, -0.2) is 29.8 Å². The molecule has 2 rings (SSSR count). The molecule has 0 bridgehead atoms. The lowest BCUT2D eigenvalue weighted by Gasteiger charge is -2.21. The van der Waals surface area contributed by atoms with Crippen molar-refractivity contribution >= 4 is 12.1 Å². The Hall–Kier alpha value is -2.96. The van der Waals surface area contributed by atoms with Crippen molar-refractivity contribution in [1.82, 2.24) is 5.32 Å². The number of hydrogen-bond acceptors (Lipinski definition) is 3. The molecule has 0 heterocycles. The Morgan fingerprint density at radius 1 is 1.24 bits per heavy atom. The quantitative estimate of drug-likeness (QED) is 0.681. The first-order valence-corrected chi connectivity index (χ1v) is 9.41. The second-order valence-electron chi connectivity index (χ2n) is 7.02. The van der Waals surface area contributed by atoms with Crippen molar-refractivity contribution in [2.75, 3.05) is 6.61 Å². The Morgan fingerprint density at radius 2 is 2.00 bits per heavy atom. The number of carboxylic acids is 1. The predicted octanol–water partition coefficient (Wildman–Crippen LogP) is 4.55. The van der Waals surface area contributed by atoms with E-state index >= 15 is 0 Å². The van der Waals surface area contributed by atoms with Gasteiger partial charge in [0.15, 0.2) is 11.6 Å². The Morgan fingerprint density at radius 3 is 2.69 bits per heavy atom. The minimum atomic E-state index is -1.35. The zero-order valence-electron chi connectivity index (χ0n) is 16.1. The van der Waals surface area contributed by atoms with Crippen molar-refractivity contribution in [3.05, 3.63) is 71.9 Å². The topological polar surface area (TPSA) is 75.6 Å². The highest BCUT2D eigenvalue weighted by atomic mass is 19.2. The van der Waals surface area contributed by atoms with E-state index in [0.29, 0.717) is 0 Å². The number of alkyl carbamates (subject to hydrolysis) is 1. The fourth-order valence-corrected chi connectivity index (χ4v) is 3.07. The molecule has 1 aromatic rings. The number of carboxylic acid groups (broad SMARTS) is 1. The molecule has 1 aromatic carbocycles. The third kappa shape index (κ3) is 6.85. The van der Waals surface area contributed by atoms with Crippen LogP contribution in [0.1, 0.15) is 31.2 Å². The molecule has 0 aliphatic heterocycles. The monoisotopic (exact) mass is 405 g/mol. The van der Waals surface area contributed by atoms with Crippen LogP contribution < -0.4 is 5.32 Å². The molecular formula is C22H25F2NO4. The normalized spacial score (nSPS) is 18.3. The van der Waals surface area contributed by atoms with Crippen molar-refractivity contribution in [3.63, 3.8) is 0 Å². The van der Waals surface area contributed by atoms with E-state index in [4.69, 9.17) is 4.74 Å². The zero-order chi connectivity index (χ0) is 21.4. The number of carbonyl (C=O) groups is 2. The van der Waals surface area contributed by atoms with E-state index in [1.165, 1.54) is 6.07 Å². The van der Waals surface area contributed by atoms with E-state index in [0.717, 1.165) is 49.0 Å². The average molecular weight is 405 g/mol. The van der Waals surface area contributed by atoms with Crippen LogP contribution >= 0.6 is 0 Å². The van der Waals surface area contributed by atoms with Crippen LogP contribution in [0.2, 0.25) is 0 Å². The summed E-state index contributed by atoms with van der Waals surface area (Å²) in [4.78, 5) is 23.6. The summed E-state index contributed by atoms with van der Waals surface area (Å²) in [5.41, 5.74) is 1.92. The molecule has 5 nitrogen and oxygen atoms in total. The number of aliphatic carboxylic acids is 1. The maximum atomic E-state index is 13.3. The van der Waals surface area contributed by atoms with Gasteiger partial charge in [0.2, 0.25) is 0 Å². The molecule has 0 aromatic heterocycles. The van der Waals surface area contributed by atoms with E-state index < -0.39 is 29.7 Å². The number of rotatable bonds is 6. The molecule has 0 radical (unpaired) electrons. The van der Waals surface area contributed by atoms with Crippen molar-refractivity contribution in [2.24, 2.45) is 5.92 Å². The molecule has 0 spiro atoms. The van der Waals surface area contributed by atoms with Gasteiger partial charge in [-0.1, -0.05) is 36.9 Å². The average Bonchev–Trinajstić information content (AvgIpc) is 2.73. The minimum Gasteiger partial charge on any atom is -0.480 e. The van der Waals surface area contributed by atoms with Crippen LogP contribution in [0.15, 0.2) is 54.7 Å². The summed E-state index contributed by atoms with van der Waals surface area (Å²) in [5, 5.41) is 11.6. The van der Waals surface area contributed by atoms with E-state index in [9.17, 15) is 23.5 Å². The molecule has 1 unspecified atom stereocenters. The third-order valence-electron chi connectivity index (χ3n) is 4.79. The van der Waals surface area contributed by atoms with Gasteiger partial charge in [0.05, 0.1) is 0 Å². The summed E-state index contributed by atoms with van der Waals surface area (Å²) in [6, 6.07) is 1.72. The highest BCUT2D eigenvalue weighted by Crippen LogP contribution is 2.26. The molecule has 7 heteroatoms. The summed E-state index contributed by atoms with van der Waals surface area (Å²) in [6.07, 6.45) is 6.56. The van der Waals surface area contributed by atoms with Crippen LogP contribution in [0.4, 0.5) is 13.6 Å². The Kier molecular flexibility index (Phi) is 8.12. The fraction of sp³-hybridized carbons (Fsp3) is 0.364. The molecular weight excluding hydrogens is 380 g/mol. The standard InChI is InChI=1S/C22H25F2NO4/c1-14-7-5-3-4-6-8-15(2)17(14)13-29-22(28)25-20(21(26)27)12-16-9-10-18(23)19(24)11-16/h5,7,9-11,17,20H,1-4,6,8,12-13H2,(H,25,28)(H,26,27)/t17?,20-/m0/s1. The van der Waals surface area contributed by atoms with Crippen LogP contribution in [0, 0.1) is 17.6 Å².